The molecule has 0 saturated heterocycles. The van der Waals surface area contributed by atoms with Crippen molar-refractivity contribution in [1.82, 2.24) is 10.0 Å². The molecule has 6 heteroatoms. The highest BCUT2D eigenvalue weighted by atomic mass is 16.6. The molecule has 0 spiro atoms. The molecule has 0 bridgehead atoms. The summed E-state index contributed by atoms with van der Waals surface area (Å²) in [6, 6.07) is 12.4. The second-order valence-corrected chi connectivity index (χ2v) is 7.04. The number of nitrogens with zero attached hydrogens (tertiary/aromatic N) is 2. The number of hydrogen-bond acceptors (Lipinski definition) is 4. The molecule has 6 nitrogen and oxygen atoms in total. The predicted molar refractivity (Wildman–Crippen MR) is 97.9 cm³/mol. The lowest BCUT2D eigenvalue weighted by Crippen LogP contribution is -2.49. The highest BCUT2D eigenvalue weighted by Gasteiger charge is 2.43. The maximum atomic E-state index is 12.8. The van der Waals surface area contributed by atoms with Crippen molar-refractivity contribution >= 4 is 17.9 Å². The van der Waals surface area contributed by atoms with Gasteiger partial charge in [-0.2, -0.15) is 5.01 Å². The molecule has 1 aliphatic carbocycles. The molecule has 0 unspecified atom stereocenters. The summed E-state index contributed by atoms with van der Waals surface area (Å²) < 4.78 is 5.41. The zero-order valence-corrected chi connectivity index (χ0v) is 15.3. The van der Waals surface area contributed by atoms with E-state index in [-0.39, 0.29) is 12.6 Å². The molecule has 1 heterocycles. The summed E-state index contributed by atoms with van der Waals surface area (Å²) in [7, 11) is 0. The monoisotopic (exact) mass is 364 g/mol. The van der Waals surface area contributed by atoms with Crippen LogP contribution in [0.2, 0.25) is 0 Å². The molecule has 4 rings (SSSR count). The molecular weight excluding hydrogens is 344 g/mol. The zero-order valence-electron chi connectivity index (χ0n) is 15.3. The van der Waals surface area contributed by atoms with E-state index in [4.69, 9.17) is 4.74 Å². The van der Waals surface area contributed by atoms with E-state index in [0.717, 1.165) is 39.5 Å². The van der Waals surface area contributed by atoms with Crippen molar-refractivity contribution in [3.05, 3.63) is 70.3 Å². The lowest BCUT2D eigenvalue weighted by atomic mass is 10.1. The number of aryl methyl sites for hydroxylation is 2. The van der Waals surface area contributed by atoms with Gasteiger partial charge in [0.1, 0.15) is 6.10 Å². The quantitative estimate of drug-likeness (QED) is 0.777. The van der Waals surface area contributed by atoms with Crippen molar-refractivity contribution < 1.29 is 19.1 Å². The van der Waals surface area contributed by atoms with E-state index in [1.807, 2.05) is 32.0 Å². The molecule has 0 atom stereocenters. The van der Waals surface area contributed by atoms with Crippen LogP contribution in [0.1, 0.15) is 50.2 Å². The van der Waals surface area contributed by atoms with Gasteiger partial charge in [-0.3, -0.25) is 9.59 Å². The normalized spacial score (nSPS) is 15.7. The molecule has 2 aliphatic rings. The first-order chi connectivity index (χ1) is 13.0. The third-order valence-corrected chi connectivity index (χ3v) is 4.83. The number of rotatable bonds is 4. The molecule has 138 valence electrons. The predicted octanol–water partition coefficient (Wildman–Crippen LogP) is 3.62. The molecule has 0 radical (unpaired) electrons. The molecule has 3 amide bonds. The summed E-state index contributed by atoms with van der Waals surface area (Å²) in [6.07, 6.45) is 0.817. The molecule has 0 N–H and O–H groups in total. The van der Waals surface area contributed by atoms with Gasteiger partial charge in [0.2, 0.25) is 0 Å². The summed E-state index contributed by atoms with van der Waals surface area (Å²) in [5.74, 6) is -1.01. The van der Waals surface area contributed by atoms with Crippen LogP contribution in [0.5, 0.6) is 0 Å². The summed E-state index contributed by atoms with van der Waals surface area (Å²) in [5.41, 5.74) is 3.53. The molecule has 1 saturated carbocycles. The van der Waals surface area contributed by atoms with E-state index >= 15 is 0 Å². The Bertz CT molecular complexity index is 914. The molecular formula is C21H20N2O4. The zero-order chi connectivity index (χ0) is 19.1. The van der Waals surface area contributed by atoms with Gasteiger partial charge >= 0.3 is 6.09 Å². The average Bonchev–Trinajstić information content (AvgIpc) is 3.42. The number of amides is 3. The fourth-order valence-electron chi connectivity index (χ4n) is 3.19. The standard InChI is InChI=1S/C21H20N2O4/c1-13-7-8-15(14(2)11-13)12-22(21(26)27-16-9-10-16)23-19(24)17-5-3-4-6-18(17)20(23)25/h3-8,11,16H,9-10,12H2,1-2H3. The Hall–Kier alpha value is -3.15. The first kappa shape index (κ1) is 17.3. The number of imide groups is 1. The van der Waals surface area contributed by atoms with Gasteiger partial charge in [-0.15, -0.1) is 0 Å². The third kappa shape index (κ3) is 3.18. The van der Waals surface area contributed by atoms with E-state index < -0.39 is 17.9 Å². The Labute approximate surface area is 157 Å². The highest BCUT2D eigenvalue weighted by Crippen LogP contribution is 2.29. The van der Waals surface area contributed by atoms with Crippen LogP contribution in [-0.4, -0.2) is 34.0 Å². The summed E-state index contributed by atoms with van der Waals surface area (Å²) in [4.78, 5) is 38.4. The van der Waals surface area contributed by atoms with Gasteiger partial charge in [-0.1, -0.05) is 35.9 Å². The lowest BCUT2D eigenvalue weighted by Gasteiger charge is -2.29. The Kier molecular flexibility index (Phi) is 4.18. The van der Waals surface area contributed by atoms with Gasteiger partial charge in [-0.25, -0.2) is 9.80 Å². The Morgan fingerprint density at radius 3 is 2.26 bits per heavy atom. The van der Waals surface area contributed by atoms with Crippen molar-refractivity contribution in [2.45, 2.75) is 39.3 Å². The molecule has 2 aromatic rings. The van der Waals surface area contributed by atoms with Crippen molar-refractivity contribution in [2.24, 2.45) is 0 Å². The Morgan fingerprint density at radius 2 is 1.70 bits per heavy atom. The number of benzene rings is 2. The van der Waals surface area contributed by atoms with Crippen LogP contribution in [0.3, 0.4) is 0 Å². The van der Waals surface area contributed by atoms with Crippen LogP contribution in [0.15, 0.2) is 42.5 Å². The second-order valence-electron chi connectivity index (χ2n) is 7.04. The maximum absolute atomic E-state index is 12.8. The van der Waals surface area contributed by atoms with Crippen LogP contribution in [0, 0.1) is 13.8 Å². The molecule has 0 aromatic heterocycles. The minimum atomic E-state index is -0.674. The largest absolute Gasteiger partial charge is 0.445 e. The molecule has 1 aliphatic heterocycles. The minimum Gasteiger partial charge on any atom is -0.445 e. The first-order valence-electron chi connectivity index (χ1n) is 8.97. The lowest BCUT2D eigenvalue weighted by molar-refractivity contribution is -0.00796. The number of carbonyl (C=O) groups is 3. The van der Waals surface area contributed by atoms with E-state index in [1.165, 1.54) is 0 Å². The van der Waals surface area contributed by atoms with Crippen LogP contribution >= 0.6 is 0 Å². The van der Waals surface area contributed by atoms with Gasteiger partial charge < -0.3 is 4.74 Å². The third-order valence-electron chi connectivity index (χ3n) is 4.83. The molecule has 1 fully saturated rings. The van der Waals surface area contributed by atoms with Gasteiger partial charge in [0.15, 0.2) is 0 Å². The fourth-order valence-corrected chi connectivity index (χ4v) is 3.19. The summed E-state index contributed by atoms with van der Waals surface area (Å²) in [6.45, 7) is 4.01. The SMILES string of the molecule is Cc1ccc(CN(C(=O)OC2CC2)N2C(=O)c3ccccc3C2=O)c(C)c1. The number of carbonyl (C=O) groups excluding carboxylic acids is 3. The van der Waals surface area contributed by atoms with E-state index in [9.17, 15) is 14.4 Å². The minimum absolute atomic E-state index is 0.0864. The van der Waals surface area contributed by atoms with Crippen LogP contribution in [0.25, 0.3) is 0 Å². The average molecular weight is 364 g/mol. The molecule has 27 heavy (non-hydrogen) atoms. The smallest absolute Gasteiger partial charge is 0.429 e. The van der Waals surface area contributed by atoms with E-state index in [1.54, 1.807) is 24.3 Å². The Morgan fingerprint density at radius 1 is 1.07 bits per heavy atom. The Balaban J connectivity index is 1.69. The number of hydrogen-bond donors (Lipinski definition) is 0. The van der Waals surface area contributed by atoms with Crippen molar-refractivity contribution in [2.75, 3.05) is 0 Å². The summed E-state index contributed by atoms with van der Waals surface area (Å²) >= 11 is 0. The number of hydrazine groups is 1. The van der Waals surface area contributed by atoms with Gasteiger partial charge in [0.05, 0.1) is 17.7 Å². The van der Waals surface area contributed by atoms with Crippen LogP contribution in [-0.2, 0) is 11.3 Å². The summed E-state index contributed by atoms with van der Waals surface area (Å²) in [5, 5.41) is 2.04. The molecule has 2 aromatic carbocycles. The number of ether oxygens (including phenoxy) is 1. The second kappa shape index (κ2) is 6.54. The van der Waals surface area contributed by atoms with Crippen LogP contribution < -0.4 is 0 Å². The first-order valence-corrected chi connectivity index (χ1v) is 8.97. The van der Waals surface area contributed by atoms with Gasteiger partial charge in [-0.05, 0) is 49.9 Å². The topological polar surface area (TPSA) is 66.9 Å². The van der Waals surface area contributed by atoms with E-state index in [2.05, 4.69) is 0 Å². The van der Waals surface area contributed by atoms with Crippen molar-refractivity contribution in [1.29, 1.82) is 0 Å². The van der Waals surface area contributed by atoms with Crippen molar-refractivity contribution in [3.8, 4) is 0 Å². The fraction of sp³-hybridized carbons (Fsp3) is 0.286. The van der Waals surface area contributed by atoms with Gasteiger partial charge in [0.25, 0.3) is 11.8 Å². The maximum Gasteiger partial charge on any atom is 0.429 e. The highest BCUT2D eigenvalue weighted by molar-refractivity contribution is 6.21. The van der Waals surface area contributed by atoms with Crippen molar-refractivity contribution in [3.63, 3.8) is 0 Å². The van der Waals surface area contributed by atoms with Gasteiger partial charge in [0, 0.05) is 0 Å². The van der Waals surface area contributed by atoms with E-state index in [0.29, 0.717) is 11.1 Å². The number of fused-ring (bicyclic) bond motifs is 1. The van der Waals surface area contributed by atoms with Crippen LogP contribution in [0.4, 0.5) is 4.79 Å².